The molecule has 0 spiro atoms. The first-order valence-electron chi connectivity index (χ1n) is 5.73. The predicted octanol–water partition coefficient (Wildman–Crippen LogP) is 4.20. The Hall–Kier alpha value is -1.83. The van der Waals surface area contributed by atoms with Gasteiger partial charge in [-0.15, -0.1) is 0 Å². The minimum absolute atomic E-state index is 0.260. The molecule has 0 atom stereocenters. The molecular weight excluding hydrogens is 213 g/mol. The Labute approximate surface area is 101 Å². The van der Waals surface area contributed by atoms with Crippen molar-refractivity contribution in [2.75, 3.05) is 5.73 Å². The molecule has 2 rings (SSSR count). The van der Waals surface area contributed by atoms with Crippen LogP contribution in [0.4, 0.5) is 10.1 Å². The van der Waals surface area contributed by atoms with Gasteiger partial charge in [-0.1, -0.05) is 38.1 Å². The number of hydrogen-bond acceptors (Lipinski definition) is 1. The largest absolute Gasteiger partial charge is 0.398 e. The van der Waals surface area contributed by atoms with Crippen molar-refractivity contribution in [1.82, 2.24) is 0 Å². The molecule has 0 heterocycles. The number of nitrogens with two attached hydrogens (primary N) is 1. The Morgan fingerprint density at radius 2 is 1.82 bits per heavy atom. The summed E-state index contributed by atoms with van der Waals surface area (Å²) in [6.45, 7) is 4.27. The Morgan fingerprint density at radius 1 is 1.06 bits per heavy atom. The molecule has 0 aromatic heterocycles. The highest BCUT2D eigenvalue weighted by molar-refractivity contribution is 5.76. The fourth-order valence-electron chi connectivity index (χ4n) is 1.84. The topological polar surface area (TPSA) is 26.0 Å². The molecule has 0 saturated carbocycles. The van der Waals surface area contributed by atoms with Crippen LogP contribution < -0.4 is 5.73 Å². The summed E-state index contributed by atoms with van der Waals surface area (Å²) in [5, 5.41) is 0. The number of benzene rings is 2. The van der Waals surface area contributed by atoms with Crippen LogP contribution in [0.5, 0.6) is 0 Å². The zero-order valence-corrected chi connectivity index (χ0v) is 10.1. The molecule has 0 radical (unpaired) electrons. The van der Waals surface area contributed by atoms with E-state index in [9.17, 15) is 4.39 Å². The van der Waals surface area contributed by atoms with Gasteiger partial charge in [0, 0.05) is 11.3 Å². The van der Waals surface area contributed by atoms with Crippen molar-refractivity contribution in [2.45, 2.75) is 19.8 Å². The third kappa shape index (κ3) is 2.47. The Kier molecular flexibility index (Phi) is 3.14. The zero-order valence-electron chi connectivity index (χ0n) is 10.1. The molecule has 0 aliphatic carbocycles. The Morgan fingerprint density at radius 3 is 2.53 bits per heavy atom. The molecule has 88 valence electrons. The summed E-state index contributed by atoms with van der Waals surface area (Å²) in [7, 11) is 0. The molecule has 0 aliphatic heterocycles. The molecule has 2 aromatic carbocycles. The molecule has 0 fully saturated rings. The normalized spacial score (nSPS) is 10.8. The predicted molar refractivity (Wildman–Crippen MR) is 70.3 cm³/mol. The zero-order chi connectivity index (χ0) is 12.4. The van der Waals surface area contributed by atoms with Gasteiger partial charge in [-0.2, -0.15) is 0 Å². The van der Waals surface area contributed by atoms with Crippen molar-refractivity contribution in [1.29, 1.82) is 0 Å². The smallest absolute Gasteiger partial charge is 0.123 e. The standard InChI is InChI=1S/C15H16FN/c1-10(2)11-4-3-5-12(8-11)14-9-13(16)6-7-15(14)17/h3-10H,17H2,1-2H3. The third-order valence-corrected chi connectivity index (χ3v) is 2.88. The molecule has 0 amide bonds. The van der Waals surface area contributed by atoms with E-state index in [4.69, 9.17) is 5.73 Å². The van der Waals surface area contributed by atoms with E-state index >= 15 is 0 Å². The van der Waals surface area contributed by atoms with Crippen molar-refractivity contribution in [3.8, 4) is 11.1 Å². The van der Waals surface area contributed by atoms with Crippen LogP contribution in [0.15, 0.2) is 42.5 Å². The lowest BCUT2D eigenvalue weighted by molar-refractivity contribution is 0.628. The fourth-order valence-corrected chi connectivity index (χ4v) is 1.84. The van der Waals surface area contributed by atoms with Crippen LogP contribution in [0, 0.1) is 5.82 Å². The Bertz CT molecular complexity index is 532. The Balaban J connectivity index is 2.52. The van der Waals surface area contributed by atoms with Crippen LogP contribution in [-0.2, 0) is 0 Å². The number of nitrogen functional groups attached to an aromatic ring is 1. The van der Waals surface area contributed by atoms with Gasteiger partial charge in [-0.3, -0.25) is 0 Å². The van der Waals surface area contributed by atoms with Crippen LogP contribution in [0.3, 0.4) is 0 Å². The van der Waals surface area contributed by atoms with E-state index in [-0.39, 0.29) is 5.82 Å². The monoisotopic (exact) mass is 229 g/mol. The fraction of sp³-hybridized carbons (Fsp3) is 0.200. The summed E-state index contributed by atoms with van der Waals surface area (Å²) in [4.78, 5) is 0. The summed E-state index contributed by atoms with van der Waals surface area (Å²) in [6, 6.07) is 12.5. The molecule has 2 N–H and O–H groups in total. The molecule has 2 heteroatoms. The summed E-state index contributed by atoms with van der Waals surface area (Å²) in [5.74, 6) is 0.189. The maximum absolute atomic E-state index is 13.2. The van der Waals surface area contributed by atoms with E-state index in [0.717, 1.165) is 11.1 Å². The van der Waals surface area contributed by atoms with Gasteiger partial charge in [-0.05, 0) is 35.2 Å². The van der Waals surface area contributed by atoms with Crippen molar-refractivity contribution in [3.63, 3.8) is 0 Å². The van der Waals surface area contributed by atoms with Gasteiger partial charge in [0.15, 0.2) is 0 Å². The average Bonchev–Trinajstić information content (AvgIpc) is 2.32. The van der Waals surface area contributed by atoms with Crippen LogP contribution in [0.2, 0.25) is 0 Å². The third-order valence-electron chi connectivity index (χ3n) is 2.88. The van der Waals surface area contributed by atoms with Crippen molar-refractivity contribution in [3.05, 3.63) is 53.8 Å². The molecular formula is C15H16FN. The highest BCUT2D eigenvalue weighted by Gasteiger charge is 2.06. The number of hydrogen-bond donors (Lipinski definition) is 1. The van der Waals surface area contributed by atoms with E-state index in [1.807, 2.05) is 12.1 Å². The first-order chi connectivity index (χ1) is 8.08. The van der Waals surface area contributed by atoms with Gasteiger partial charge < -0.3 is 5.73 Å². The second kappa shape index (κ2) is 4.58. The highest BCUT2D eigenvalue weighted by atomic mass is 19.1. The first-order valence-corrected chi connectivity index (χ1v) is 5.73. The van der Waals surface area contributed by atoms with Crippen LogP contribution in [-0.4, -0.2) is 0 Å². The van der Waals surface area contributed by atoms with Gasteiger partial charge in [0.2, 0.25) is 0 Å². The quantitative estimate of drug-likeness (QED) is 0.767. The maximum atomic E-state index is 13.2. The summed E-state index contributed by atoms with van der Waals surface area (Å²) in [5.41, 5.74) is 9.44. The molecule has 0 unspecified atom stereocenters. The summed E-state index contributed by atoms with van der Waals surface area (Å²) >= 11 is 0. The van der Waals surface area contributed by atoms with Crippen molar-refractivity contribution in [2.24, 2.45) is 0 Å². The van der Waals surface area contributed by atoms with E-state index in [2.05, 4.69) is 26.0 Å². The summed E-state index contributed by atoms with van der Waals surface area (Å²) < 4.78 is 13.2. The lowest BCUT2D eigenvalue weighted by Crippen LogP contribution is -1.93. The number of anilines is 1. The second-order valence-corrected chi connectivity index (χ2v) is 4.51. The molecule has 0 saturated heterocycles. The van der Waals surface area contributed by atoms with Crippen molar-refractivity contribution < 1.29 is 4.39 Å². The molecule has 0 aliphatic rings. The average molecular weight is 229 g/mol. The van der Waals surface area contributed by atoms with Gasteiger partial charge in [0.05, 0.1) is 0 Å². The van der Waals surface area contributed by atoms with Crippen molar-refractivity contribution >= 4 is 5.69 Å². The minimum atomic E-state index is -0.260. The highest BCUT2D eigenvalue weighted by Crippen LogP contribution is 2.28. The summed E-state index contributed by atoms with van der Waals surface area (Å²) in [6.07, 6.45) is 0. The number of rotatable bonds is 2. The molecule has 17 heavy (non-hydrogen) atoms. The van der Waals surface area contributed by atoms with E-state index in [1.54, 1.807) is 6.07 Å². The second-order valence-electron chi connectivity index (χ2n) is 4.51. The van der Waals surface area contributed by atoms with Crippen LogP contribution >= 0.6 is 0 Å². The van der Waals surface area contributed by atoms with E-state index in [0.29, 0.717) is 11.6 Å². The minimum Gasteiger partial charge on any atom is -0.398 e. The molecule has 0 bridgehead atoms. The van der Waals surface area contributed by atoms with E-state index in [1.165, 1.54) is 17.7 Å². The van der Waals surface area contributed by atoms with Gasteiger partial charge in [-0.25, -0.2) is 4.39 Å². The lowest BCUT2D eigenvalue weighted by atomic mass is 9.96. The van der Waals surface area contributed by atoms with E-state index < -0.39 is 0 Å². The first kappa shape index (κ1) is 11.6. The maximum Gasteiger partial charge on any atom is 0.123 e. The molecule has 1 nitrogen and oxygen atoms in total. The van der Waals surface area contributed by atoms with Crippen LogP contribution in [0.25, 0.3) is 11.1 Å². The van der Waals surface area contributed by atoms with Crippen LogP contribution in [0.1, 0.15) is 25.3 Å². The lowest BCUT2D eigenvalue weighted by Gasteiger charge is -2.10. The van der Waals surface area contributed by atoms with Gasteiger partial charge >= 0.3 is 0 Å². The SMILES string of the molecule is CC(C)c1cccc(-c2cc(F)ccc2N)c1. The number of halogens is 1. The molecule has 2 aromatic rings. The van der Waals surface area contributed by atoms with Gasteiger partial charge in [0.25, 0.3) is 0 Å². The van der Waals surface area contributed by atoms with Gasteiger partial charge in [0.1, 0.15) is 5.82 Å².